The smallest absolute Gasteiger partial charge is 0.267 e. The zero-order valence-electron chi connectivity index (χ0n) is 15.9. The highest BCUT2D eigenvalue weighted by molar-refractivity contribution is 6.30. The fourth-order valence-corrected chi connectivity index (χ4v) is 3.48. The number of rotatable bonds is 5. The van der Waals surface area contributed by atoms with Crippen LogP contribution in [0.5, 0.6) is 0 Å². The summed E-state index contributed by atoms with van der Waals surface area (Å²) in [7, 11) is 0. The topological polar surface area (TPSA) is 101 Å². The standard InChI is InChI=1S/C22H14ClN3O5/c23-16-11-9-15(10-12-16)20(27)24(13-14-5-2-1-3-6-14)25-21(28)17-7-4-8-18(26(30)31)19(17)22(25)29/h1-12H,13H2. The Balaban J connectivity index is 1.80. The number of nitro benzene ring substituents is 1. The maximum absolute atomic E-state index is 13.3. The van der Waals surface area contributed by atoms with Crippen LogP contribution in [0.2, 0.25) is 5.02 Å². The molecule has 3 aromatic rings. The first kappa shape index (κ1) is 20.2. The van der Waals surface area contributed by atoms with Gasteiger partial charge in [-0.15, -0.1) is 0 Å². The minimum absolute atomic E-state index is 0.0957. The van der Waals surface area contributed by atoms with E-state index in [0.717, 1.165) is 11.1 Å². The van der Waals surface area contributed by atoms with E-state index < -0.39 is 28.3 Å². The number of imide groups is 1. The predicted octanol–water partition coefficient (Wildman–Crippen LogP) is 4.10. The molecule has 1 heterocycles. The number of halogens is 1. The molecule has 31 heavy (non-hydrogen) atoms. The Morgan fingerprint density at radius 3 is 2.26 bits per heavy atom. The lowest BCUT2D eigenvalue weighted by atomic mass is 10.1. The summed E-state index contributed by atoms with van der Waals surface area (Å²) in [4.78, 5) is 50.2. The molecule has 154 valence electrons. The van der Waals surface area contributed by atoms with Crippen molar-refractivity contribution in [1.29, 1.82) is 0 Å². The normalized spacial score (nSPS) is 12.6. The van der Waals surface area contributed by atoms with E-state index in [2.05, 4.69) is 0 Å². The van der Waals surface area contributed by atoms with Gasteiger partial charge in [-0.2, -0.15) is 5.01 Å². The monoisotopic (exact) mass is 435 g/mol. The lowest BCUT2D eigenvalue weighted by Gasteiger charge is -2.30. The molecule has 3 amide bonds. The number of hydrogen-bond donors (Lipinski definition) is 0. The fraction of sp³-hybridized carbons (Fsp3) is 0.0455. The Bertz CT molecular complexity index is 1210. The first-order valence-corrected chi connectivity index (χ1v) is 9.53. The number of carbonyl (C=O) groups excluding carboxylic acids is 3. The van der Waals surface area contributed by atoms with Crippen LogP contribution in [0.25, 0.3) is 0 Å². The average Bonchev–Trinajstić information content (AvgIpc) is 3.03. The Hall–Kier alpha value is -4.04. The summed E-state index contributed by atoms with van der Waals surface area (Å²) in [6.07, 6.45) is 0. The molecule has 3 aromatic carbocycles. The molecule has 0 saturated carbocycles. The molecule has 4 rings (SSSR count). The summed E-state index contributed by atoms with van der Waals surface area (Å²) in [5, 5.41) is 13.5. The number of nitro groups is 1. The second-order valence-electron chi connectivity index (χ2n) is 6.73. The summed E-state index contributed by atoms with van der Waals surface area (Å²) >= 11 is 5.90. The highest BCUT2D eigenvalue weighted by Crippen LogP contribution is 2.32. The van der Waals surface area contributed by atoms with Crippen molar-refractivity contribution in [1.82, 2.24) is 10.0 Å². The SMILES string of the molecule is O=C(c1ccc(Cl)cc1)N(Cc1ccccc1)N1C(=O)c2cccc([N+](=O)[O-])c2C1=O. The molecular formula is C22H14ClN3O5. The van der Waals surface area contributed by atoms with Crippen molar-refractivity contribution in [2.75, 3.05) is 0 Å². The van der Waals surface area contributed by atoms with Gasteiger partial charge in [0.2, 0.25) is 0 Å². The van der Waals surface area contributed by atoms with Crippen LogP contribution in [-0.4, -0.2) is 32.7 Å². The largest absolute Gasteiger partial charge is 0.287 e. The minimum atomic E-state index is -0.925. The maximum Gasteiger partial charge on any atom is 0.287 e. The third-order valence-corrected chi connectivity index (χ3v) is 5.06. The van der Waals surface area contributed by atoms with E-state index in [1.165, 1.54) is 36.4 Å². The van der Waals surface area contributed by atoms with Gasteiger partial charge in [0.25, 0.3) is 23.4 Å². The van der Waals surface area contributed by atoms with E-state index in [4.69, 9.17) is 11.6 Å². The third-order valence-electron chi connectivity index (χ3n) is 4.81. The molecule has 0 fully saturated rings. The number of hydrazine groups is 1. The van der Waals surface area contributed by atoms with Gasteiger partial charge in [0, 0.05) is 16.7 Å². The van der Waals surface area contributed by atoms with E-state index >= 15 is 0 Å². The quantitative estimate of drug-likeness (QED) is 0.341. The first-order valence-electron chi connectivity index (χ1n) is 9.16. The van der Waals surface area contributed by atoms with E-state index in [-0.39, 0.29) is 23.2 Å². The van der Waals surface area contributed by atoms with Gasteiger partial charge in [0.15, 0.2) is 0 Å². The van der Waals surface area contributed by atoms with Crippen LogP contribution >= 0.6 is 11.6 Å². The van der Waals surface area contributed by atoms with Gasteiger partial charge in [-0.1, -0.05) is 48.0 Å². The van der Waals surface area contributed by atoms with Crippen molar-refractivity contribution >= 4 is 35.0 Å². The maximum atomic E-state index is 13.3. The zero-order valence-corrected chi connectivity index (χ0v) is 16.7. The highest BCUT2D eigenvalue weighted by Gasteiger charge is 2.45. The molecule has 0 N–H and O–H groups in total. The first-order chi connectivity index (χ1) is 14.9. The molecule has 1 aliphatic heterocycles. The molecule has 0 bridgehead atoms. The summed E-state index contributed by atoms with van der Waals surface area (Å²) in [5.41, 5.74) is -0.0835. The molecule has 8 nitrogen and oxygen atoms in total. The molecule has 0 aromatic heterocycles. The van der Waals surface area contributed by atoms with Crippen LogP contribution in [0.1, 0.15) is 36.6 Å². The molecule has 0 atom stereocenters. The Labute approximate surface area is 181 Å². The van der Waals surface area contributed by atoms with Crippen molar-refractivity contribution in [3.63, 3.8) is 0 Å². The lowest BCUT2D eigenvalue weighted by molar-refractivity contribution is -0.385. The van der Waals surface area contributed by atoms with Crippen LogP contribution < -0.4 is 0 Å². The molecular weight excluding hydrogens is 422 g/mol. The van der Waals surface area contributed by atoms with Gasteiger partial charge >= 0.3 is 0 Å². The number of carbonyl (C=O) groups is 3. The van der Waals surface area contributed by atoms with Crippen molar-refractivity contribution in [2.45, 2.75) is 6.54 Å². The number of amides is 3. The van der Waals surface area contributed by atoms with Gasteiger partial charge in [-0.25, -0.2) is 5.01 Å². The van der Waals surface area contributed by atoms with E-state index in [1.54, 1.807) is 30.3 Å². The second kappa shape index (κ2) is 8.00. The van der Waals surface area contributed by atoms with E-state index in [0.29, 0.717) is 15.6 Å². The highest BCUT2D eigenvalue weighted by atomic mass is 35.5. The van der Waals surface area contributed by atoms with Crippen molar-refractivity contribution in [3.05, 3.63) is 110 Å². The Morgan fingerprint density at radius 1 is 0.935 bits per heavy atom. The van der Waals surface area contributed by atoms with Crippen LogP contribution in [0.15, 0.2) is 72.8 Å². The number of benzene rings is 3. The third kappa shape index (κ3) is 3.64. The van der Waals surface area contributed by atoms with Gasteiger partial charge in [-0.05, 0) is 35.9 Å². The molecule has 0 saturated heterocycles. The molecule has 9 heteroatoms. The summed E-state index contributed by atoms with van der Waals surface area (Å²) in [6, 6.07) is 18.6. The average molecular weight is 436 g/mol. The van der Waals surface area contributed by atoms with E-state index in [1.807, 2.05) is 0 Å². The van der Waals surface area contributed by atoms with Gasteiger partial charge in [-0.3, -0.25) is 24.5 Å². The zero-order chi connectivity index (χ0) is 22.1. The lowest BCUT2D eigenvalue weighted by Crippen LogP contribution is -2.49. The van der Waals surface area contributed by atoms with Crippen molar-refractivity contribution < 1.29 is 19.3 Å². The molecule has 0 spiro atoms. The summed E-state index contributed by atoms with van der Waals surface area (Å²) < 4.78 is 0. The summed E-state index contributed by atoms with van der Waals surface area (Å²) in [6.45, 7) is -0.0957. The van der Waals surface area contributed by atoms with Crippen LogP contribution in [0.3, 0.4) is 0 Å². The Kier molecular flexibility index (Phi) is 5.22. The molecule has 1 aliphatic rings. The second-order valence-corrected chi connectivity index (χ2v) is 7.17. The number of hydrogen-bond acceptors (Lipinski definition) is 5. The van der Waals surface area contributed by atoms with Crippen molar-refractivity contribution in [2.24, 2.45) is 0 Å². The van der Waals surface area contributed by atoms with Crippen LogP contribution in [0.4, 0.5) is 5.69 Å². The molecule has 0 radical (unpaired) electrons. The number of fused-ring (bicyclic) bond motifs is 1. The van der Waals surface area contributed by atoms with Crippen molar-refractivity contribution in [3.8, 4) is 0 Å². The predicted molar refractivity (Wildman–Crippen MR) is 111 cm³/mol. The van der Waals surface area contributed by atoms with Gasteiger partial charge in [0.05, 0.1) is 17.0 Å². The van der Waals surface area contributed by atoms with Gasteiger partial charge < -0.3 is 0 Å². The molecule has 0 unspecified atom stereocenters. The summed E-state index contributed by atoms with van der Waals surface area (Å²) in [5.74, 6) is -2.36. The Morgan fingerprint density at radius 2 is 1.61 bits per heavy atom. The van der Waals surface area contributed by atoms with Gasteiger partial charge in [0.1, 0.15) is 5.56 Å². The number of nitrogens with zero attached hydrogens (tertiary/aromatic N) is 3. The van der Waals surface area contributed by atoms with Crippen LogP contribution in [-0.2, 0) is 6.54 Å². The molecule has 0 aliphatic carbocycles. The fourth-order valence-electron chi connectivity index (χ4n) is 3.36. The van der Waals surface area contributed by atoms with Crippen LogP contribution in [0, 0.1) is 10.1 Å². The van der Waals surface area contributed by atoms with E-state index in [9.17, 15) is 24.5 Å². The minimum Gasteiger partial charge on any atom is -0.267 e.